The van der Waals surface area contributed by atoms with E-state index in [1.54, 1.807) is 11.8 Å². The van der Waals surface area contributed by atoms with E-state index in [1.807, 2.05) is 0 Å². The van der Waals surface area contributed by atoms with Crippen molar-refractivity contribution in [2.45, 2.75) is 10.7 Å². The number of hydrogen-bond donors (Lipinski definition) is 2. The molecule has 4 heteroatoms. The molecule has 0 aromatic heterocycles. The van der Waals surface area contributed by atoms with Crippen molar-refractivity contribution in [2.24, 2.45) is 5.73 Å². The van der Waals surface area contributed by atoms with Crippen molar-refractivity contribution in [3.05, 3.63) is 0 Å². The molecule has 1 heterocycles. The zero-order chi connectivity index (χ0) is 4.57. The Morgan fingerprint density at radius 1 is 1.83 bits per heavy atom. The monoisotopic (exact) mass is 216 g/mol. The standard InChI is InChI=1S/C2H5IN2S/c3-5-2-1(4)6-2/h1-2,5H,4H2. The SMILES string of the molecule is NC1SC1NI. The number of halogens is 1. The molecule has 1 fully saturated rings. The molecule has 0 aliphatic carbocycles. The van der Waals surface area contributed by atoms with Gasteiger partial charge in [0, 0.05) is 22.9 Å². The molecular weight excluding hydrogens is 211 g/mol. The van der Waals surface area contributed by atoms with Crippen LogP contribution in [0.3, 0.4) is 0 Å². The summed E-state index contributed by atoms with van der Waals surface area (Å²) < 4.78 is 3.00. The van der Waals surface area contributed by atoms with Crippen LogP contribution in [-0.2, 0) is 0 Å². The second-order valence-corrected chi connectivity index (χ2v) is 3.08. The Morgan fingerprint density at radius 2 is 2.33 bits per heavy atom. The Labute approximate surface area is 54.7 Å². The molecule has 2 nitrogen and oxygen atoms in total. The molecule has 0 aromatic rings. The highest BCUT2D eigenvalue weighted by atomic mass is 127. The fourth-order valence-corrected chi connectivity index (χ4v) is 1.65. The van der Waals surface area contributed by atoms with Crippen molar-refractivity contribution in [1.29, 1.82) is 0 Å². The Hall–Kier alpha value is 1.00. The first-order chi connectivity index (χ1) is 2.84. The Balaban J connectivity index is 2.09. The normalized spacial score (nSPS) is 43.0. The van der Waals surface area contributed by atoms with Gasteiger partial charge in [-0.1, -0.05) is 0 Å². The third-order valence-electron chi connectivity index (χ3n) is 0.633. The van der Waals surface area contributed by atoms with E-state index in [0.29, 0.717) is 10.7 Å². The molecule has 2 atom stereocenters. The lowest BCUT2D eigenvalue weighted by Gasteiger charge is -1.79. The lowest BCUT2D eigenvalue weighted by atomic mass is 10.7. The van der Waals surface area contributed by atoms with Gasteiger partial charge in [0.1, 0.15) is 0 Å². The largest absolute Gasteiger partial charge is 0.317 e. The molecule has 0 saturated carbocycles. The first kappa shape index (κ1) is 5.14. The smallest absolute Gasteiger partial charge is 0.0881 e. The summed E-state index contributed by atoms with van der Waals surface area (Å²) in [6.07, 6.45) is 0. The van der Waals surface area contributed by atoms with Crippen molar-refractivity contribution in [2.75, 3.05) is 0 Å². The van der Waals surface area contributed by atoms with Gasteiger partial charge in [-0.2, -0.15) is 0 Å². The quantitative estimate of drug-likeness (QED) is 0.375. The van der Waals surface area contributed by atoms with E-state index in [0.717, 1.165) is 0 Å². The topological polar surface area (TPSA) is 38.0 Å². The molecular formula is C2H5IN2S. The molecule has 0 bridgehead atoms. The molecule has 1 aliphatic heterocycles. The van der Waals surface area contributed by atoms with Crippen LogP contribution in [-0.4, -0.2) is 10.7 Å². The van der Waals surface area contributed by atoms with Gasteiger partial charge < -0.3 is 5.73 Å². The van der Waals surface area contributed by atoms with E-state index in [-0.39, 0.29) is 0 Å². The minimum absolute atomic E-state index is 0.363. The van der Waals surface area contributed by atoms with Gasteiger partial charge in [0.15, 0.2) is 0 Å². The minimum atomic E-state index is 0.363. The molecule has 0 spiro atoms. The third-order valence-corrected chi connectivity index (χ3v) is 2.70. The van der Waals surface area contributed by atoms with Gasteiger partial charge in [0.05, 0.1) is 10.7 Å². The molecule has 0 amide bonds. The number of nitrogens with one attached hydrogen (secondary N) is 1. The zero-order valence-corrected chi connectivity index (χ0v) is 5.99. The van der Waals surface area contributed by atoms with Crippen LogP contribution in [0, 0.1) is 0 Å². The van der Waals surface area contributed by atoms with Crippen molar-refractivity contribution >= 4 is 34.6 Å². The van der Waals surface area contributed by atoms with Crippen LogP contribution in [0.15, 0.2) is 0 Å². The predicted molar refractivity (Wildman–Crippen MR) is 36.5 cm³/mol. The predicted octanol–water partition coefficient (Wildman–Crippen LogP) is 0.284. The number of nitrogens with two attached hydrogens (primary N) is 1. The summed E-state index contributed by atoms with van der Waals surface area (Å²) in [5.41, 5.74) is 5.37. The van der Waals surface area contributed by atoms with Crippen molar-refractivity contribution < 1.29 is 0 Å². The second kappa shape index (κ2) is 1.85. The average Bonchev–Trinajstić information content (AvgIpc) is 2.19. The number of thioether (sulfide) groups is 1. The van der Waals surface area contributed by atoms with E-state index in [9.17, 15) is 0 Å². The van der Waals surface area contributed by atoms with Gasteiger partial charge in [0.2, 0.25) is 0 Å². The molecule has 1 saturated heterocycles. The zero-order valence-electron chi connectivity index (χ0n) is 3.02. The first-order valence-corrected chi connectivity index (χ1v) is 3.64. The fraction of sp³-hybridized carbons (Fsp3) is 1.00. The highest BCUT2D eigenvalue weighted by Crippen LogP contribution is 2.34. The van der Waals surface area contributed by atoms with Crippen molar-refractivity contribution in [3.63, 3.8) is 0 Å². The highest BCUT2D eigenvalue weighted by Gasteiger charge is 2.33. The van der Waals surface area contributed by atoms with Gasteiger partial charge in [-0.25, -0.2) is 3.53 Å². The summed E-state index contributed by atoms with van der Waals surface area (Å²) in [7, 11) is 0. The Bertz CT molecular complexity index is 57.5. The maximum absolute atomic E-state index is 5.37. The van der Waals surface area contributed by atoms with E-state index in [2.05, 4.69) is 26.4 Å². The van der Waals surface area contributed by atoms with Crippen molar-refractivity contribution in [1.82, 2.24) is 3.53 Å². The van der Waals surface area contributed by atoms with Crippen LogP contribution in [0.5, 0.6) is 0 Å². The van der Waals surface area contributed by atoms with Crippen LogP contribution in [0.2, 0.25) is 0 Å². The maximum Gasteiger partial charge on any atom is 0.0881 e. The van der Waals surface area contributed by atoms with E-state index in [4.69, 9.17) is 5.73 Å². The first-order valence-electron chi connectivity index (χ1n) is 1.62. The van der Waals surface area contributed by atoms with Crippen molar-refractivity contribution in [3.8, 4) is 0 Å². The molecule has 6 heavy (non-hydrogen) atoms. The molecule has 0 radical (unpaired) electrons. The summed E-state index contributed by atoms with van der Waals surface area (Å²) in [4.78, 5) is 0. The van der Waals surface area contributed by atoms with Gasteiger partial charge in [-0.15, -0.1) is 11.8 Å². The maximum atomic E-state index is 5.37. The molecule has 36 valence electrons. The molecule has 1 rings (SSSR count). The van der Waals surface area contributed by atoms with Gasteiger partial charge >= 0.3 is 0 Å². The van der Waals surface area contributed by atoms with Gasteiger partial charge in [-0.3, -0.25) is 0 Å². The summed E-state index contributed by atoms with van der Waals surface area (Å²) in [5.74, 6) is 0. The third kappa shape index (κ3) is 0.988. The number of rotatable bonds is 1. The van der Waals surface area contributed by atoms with E-state index >= 15 is 0 Å². The second-order valence-electron chi connectivity index (χ2n) is 1.13. The van der Waals surface area contributed by atoms with E-state index < -0.39 is 0 Å². The number of hydrogen-bond acceptors (Lipinski definition) is 3. The van der Waals surface area contributed by atoms with Gasteiger partial charge in [0.25, 0.3) is 0 Å². The summed E-state index contributed by atoms with van der Waals surface area (Å²) in [5, 5.41) is 0.896. The minimum Gasteiger partial charge on any atom is -0.317 e. The van der Waals surface area contributed by atoms with E-state index in [1.165, 1.54) is 0 Å². The van der Waals surface area contributed by atoms with Crippen LogP contribution in [0.4, 0.5) is 0 Å². The summed E-state index contributed by atoms with van der Waals surface area (Å²) in [6, 6.07) is 0. The Morgan fingerprint density at radius 3 is 2.33 bits per heavy atom. The van der Waals surface area contributed by atoms with Crippen LogP contribution in [0.1, 0.15) is 0 Å². The molecule has 2 unspecified atom stereocenters. The van der Waals surface area contributed by atoms with Gasteiger partial charge in [-0.05, 0) is 0 Å². The lowest BCUT2D eigenvalue weighted by Crippen LogP contribution is -2.12. The summed E-state index contributed by atoms with van der Waals surface area (Å²) in [6.45, 7) is 0. The molecule has 0 aromatic carbocycles. The van der Waals surface area contributed by atoms with Crippen LogP contribution in [0.25, 0.3) is 0 Å². The Kier molecular flexibility index (Phi) is 1.59. The molecule has 1 aliphatic rings. The molecule has 3 N–H and O–H groups in total. The van der Waals surface area contributed by atoms with Crippen LogP contribution < -0.4 is 9.26 Å². The van der Waals surface area contributed by atoms with Crippen LogP contribution >= 0.6 is 34.6 Å². The lowest BCUT2D eigenvalue weighted by molar-refractivity contribution is 0.928. The fourth-order valence-electron chi connectivity index (χ4n) is 0.212. The average molecular weight is 216 g/mol. The summed E-state index contributed by atoms with van der Waals surface area (Å²) >= 11 is 3.85. The highest BCUT2D eigenvalue weighted by molar-refractivity contribution is 14.1.